The van der Waals surface area contributed by atoms with E-state index in [9.17, 15) is 0 Å². The monoisotopic (exact) mass is 520 g/mol. The summed E-state index contributed by atoms with van der Waals surface area (Å²) < 4.78 is 0. The Bertz CT molecular complexity index is 1570. The highest BCUT2D eigenvalue weighted by molar-refractivity contribution is 6.09. The molecule has 2 aliphatic rings. The third-order valence-electron chi connectivity index (χ3n) is 9.88. The van der Waals surface area contributed by atoms with Gasteiger partial charge in [-0.3, -0.25) is 0 Å². The molecule has 0 fully saturated rings. The number of fused-ring (bicyclic) bond motifs is 1. The van der Waals surface area contributed by atoms with E-state index in [0.717, 1.165) is 19.3 Å². The lowest BCUT2D eigenvalue weighted by Gasteiger charge is -2.48. The summed E-state index contributed by atoms with van der Waals surface area (Å²) in [4.78, 5) is 0. The number of rotatable bonds is 7. The van der Waals surface area contributed by atoms with Crippen LogP contribution in [0.4, 0.5) is 0 Å². The summed E-state index contributed by atoms with van der Waals surface area (Å²) in [6, 6.07) is 45.1. The summed E-state index contributed by atoms with van der Waals surface area (Å²) in [5.41, 5.74) is 12.8. The Morgan fingerprint density at radius 3 is 1.57 bits per heavy atom. The van der Waals surface area contributed by atoms with Crippen molar-refractivity contribution in [2.24, 2.45) is 10.8 Å². The lowest BCUT2D eigenvalue weighted by Crippen LogP contribution is -2.41. The summed E-state index contributed by atoms with van der Waals surface area (Å²) in [6.45, 7) is 9.56. The SMILES string of the molecule is C/C=C1\C(c2ccccc2)=C(c2ccccc2)[C@@]2(CC)C(CC)=C(c3ccccc3)C(c3ccccc3)[C@@]12CC. The molecule has 0 aromatic heterocycles. The van der Waals surface area contributed by atoms with Crippen LogP contribution in [0.5, 0.6) is 0 Å². The molecule has 0 radical (unpaired) electrons. The molecular formula is C40H40. The number of allylic oxidation sites excluding steroid dienone is 6. The van der Waals surface area contributed by atoms with Crippen LogP contribution < -0.4 is 0 Å². The van der Waals surface area contributed by atoms with Crippen molar-refractivity contribution in [2.75, 3.05) is 0 Å². The molecular weight excluding hydrogens is 480 g/mol. The van der Waals surface area contributed by atoms with Gasteiger partial charge in [0.05, 0.1) is 0 Å². The van der Waals surface area contributed by atoms with Gasteiger partial charge in [-0.1, -0.05) is 154 Å². The highest BCUT2D eigenvalue weighted by atomic mass is 14.7. The van der Waals surface area contributed by atoms with E-state index in [0.29, 0.717) is 0 Å². The van der Waals surface area contributed by atoms with Gasteiger partial charge in [0, 0.05) is 16.7 Å². The maximum atomic E-state index is 2.46. The Kier molecular flexibility index (Phi) is 6.97. The fourth-order valence-electron chi connectivity index (χ4n) is 8.75. The van der Waals surface area contributed by atoms with Crippen LogP contribution in [0.25, 0.3) is 16.7 Å². The molecule has 0 amide bonds. The first kappa shape index (κ1) is 26.3. The van der Waals surface area contributed by atoms with Crippen molar-refractivity contribution in [2.45, 2.75) is 52.9 Å². The van der Waals surface area contributed by atoms with Crippen LogP contribution >= 0.6 is 0 Å². The molecule has 0 saturated carbocycles. The van der Waals surface area contributed by atoms with Crippen molar-refractivity contribution in [3.05, 3.63) is 161 Å². The Balaban J connectivity index is 1.84. The highest BCUT2D eigenvalue weighted by Gasteiger charge is 2.69. The van der Waals surface area contributed by atoms with E-state index in [4.69, 9.17) is 0 Å². The van der Waals surface area contributed by atoms with Gasteiger partial charge in [-0.2, -0.15) is 0 Å². The Labute approximate surface area is 240 Å². The van der Waals surface area contributed by atoms with Crippen LogP contribution in [0.1, 0.15) is 75.1 Å². The lowest BCUT2D eigenvalue weighted by atomic mass is 9.53. The molecule has 6 rings (SSSR count). The predicted octanol–water partition coefficient (Wildman–Crippen LogP) is 11.0. The molecule has 0 saturated heterocycles. The molecule has 0 heterocycles. The van der Waals surface area contributed by atoms with Gasteiger partial charge >= 0.3 is 0 Å². The number of benzene rings is 4. The van der Waals surface area contributed by atoms with Crippen molar-refractivity contribution < 1.29 is 0 Å². The van der Waals surface area contributed by atoms with Crippen molar-refractivity contribution in [1.82, 2.24) is 0 Å². The van der Waals surface area contributed by atoms with Gasteiger partial charge in [-0.25, -0.2) is 0 Å². The van der Waals surface area contributed by atoms with Crippen molar-refractivity contribution in [1.29, 1.82) is 0 Å². The van der Waals surface area contributed by atoms with Gasteiger partial charge in [-0.15, -0.1) is 0 Å². The average molecular weight is 521 g/mol. The van der Waals surface area contributed by atoms with Crippen molar-refractivity contribution in [3.8, 4) is 0 Å². The van der Waals surface area contributed by atoms with Crippen LogP contribution in [0.2, 0.25) is 0 Å². The Morgan fingerprint density at radius 2 is 1.10 bits per heavy atom. The summed E-state index contributed by atoms with van der Waals surface area (Å²) in [6.07, 6.45) is 5.61. The van der Waals surface area contributed by atoms with E-state index in [2.05, 4.69) is 155 Å². The molecule has 2 aliphatic carbocycles. The van der Waals surface area contributed by atoms with E-state index >= 15 is 0 Å². The second kappa shape index (κ2) is 10.6. The molecule has 0 aliphatic heterocycles. The molecule has 1 unspecified atom stereocenters. The van der Waals surface area contributed by atoms with Gasteiger partial charge < -0.3 is 0 Å². The van der Waals surface area contributed by atoms with E-state index in [-0.39, 0.29) is 16.7 Å². The van der Waals surface area contributed by atoms with Crippen LogP contribution in [0.15, 0.2) is 139 Å². The third-order valence-corrected chi connectivity index (χ3v) is 9.88. The van der Waals surface area contributed by atoms with Gasteiger partial charge in [0.2, 0.25) is 0 Å². The highest BCUT2D eigenvalue weighted by Crippen LogP contribution is 2.80. The first-order chi connectivity index (χ1) is 19.7. The summed E-state index contributed by atoms with van der Waals surface area (Å²) in [7, 11) is 0. The van der Waals surface area contributed by atoms with Gasteiger partial charge in [-0.05, 0) is 70.7 Å². The quantitative estimate of drug-likeness (QED) is 0.227. The van der Waals surface area contributed by atoms with Crippen LogP contribution in [-0.4, -0.2) is 0 Å². The first-order valence-electron chi connectivity index (χ1n) is 15.1. The molecule has 4 aromatic carbocycles. The standard InChI is InChI=1S/C40H40/c1-5-33-35(29-21-13-9-14-22-29)37(31-25-17-11-18-26-31)40(8-4)34(6-2)36(30-23-15-10-16-24-30)38(39(33,40)7-3)32-27-19-12-20-28-32/h5,9-28,38H,6-8H2,1-4H3/b33-5+/t38?,39-,40-/m1/s1. The molecule has 40 heavy (non-hydrogen) atoms. The zero-order valence-corrected chi connectivity index (χ0v) is 24.3. The van der Waals surface area contributed by atoms with Gasteiger partial charge in [0.1, 0.15) is 0 Å². The molecule has 200 valence electrons. The topological polar surface area (TPSA) is 0 Å². The number of hydrogen-bond donors (Lipinski definition) is 0. The third kappa shape index (κ3) is 3.51. The predicted molar refractivity (Wildman–Crippen MR) is 172 cm³/mol. The molecule has 0 spiro atoms. The van der Waals surface area contributed by atoms with E-state index in [1.54, 1.807) is 5.57 Å². The van der Waals surface area contributed by atoms with Gasteiger partial charge in [0.25, 0.3) is 0 Å². The molecule has 3 atom stereocenters. The van der Waals surface area contributed by atoms with Crippen molar-refractivity contribution in [3.63, 3.8) is 0 Å². The summed E-state index contributed by atoms with van der Waals surface area (Å²) in [5.74, 6) is 0.252. The second-order valence-electron chi connectivity index (χ2n) is 11.2. The smallest absolute Gasteiger partial charge is 0.0283 e. The average Bonchev–Trinajstić information content (AvgIpc) is 3.44. The second-order valence-corrected chi connectivity index (χ2v) is 11.2. The van der Waals surface area contributed by atoms with Crippen LogP contribution in [0, 0.1) is 10.8 Å². The molecule has 0 bridgehead atoms. The normalized spacial score (nSPS) is 25.1. The Morgan fingerprint density at radius 1 is 0.600 bits per heavy atom. The van der Waals surface area contributed by atoms with Crippen molar-refractivity contribution >= 4 is 16.7 Å². The molecule has 0 nitrogen and oxygen atoms in total. The zero-order valence-electron chi connectivity index (χ0n) is 24.3. The fraction of sp³-hybridized carbons (Fsp3) is 0.250. The van der Waals surface area contributed by atoms with Crippen LogP contribution in [0.3, 0.4) is 0 Å². The van der Waals surface area contributed by atoms with Gasteiger partial charge in [0.15, 0.2) is 0 Å². The molecule has 4 aromatic rings. The summed E-state index contributed by atoms with van der Waals surface area (Å²) in [5, 5.41) is 0. The minimum absolute atomic E-state index is 0.106. The maximum Gasteiger partial charge on any atom is 0.0283 e. The number of hydrogen-bond acceptors (Lipinski definition) is 0. The fourth-order valence-corrected chi connectivity index (χ4v) is 8.75. The van der Waals surface area contributed by atoms with E-state index < -0.39 is 0 Å². The Hall–Kier alpha value is -3.90. The largest absolute Gasteiger partial charge is 0.0832 e. The lowest BCUT2D eigenvalue weighted by molar-refractivity contribution is 0.177. The first-order valence-corrected chi connectivity index (χ1v) is 15.1. The molecule has 0 N–H and O–H groups in total. The maximum absolute atomic E-state index is 2.46. The zero-order chi connectivity index (χ0) is 27.7. The van der Waals surface area contributed by atoms with Crippen LogP contribution in [-0.2, 0) is 0 Å². The summed E-state index contributed by atoms with van der Waals surface area (Å²) >= 11 is 0. The minimum Gasteiger partial charge on any atom is -0.0832 e. The van der Waals surface area contributed by atoms with E-state index in [1.165, 1.54) is 44.5 Å². The minimum atomic E-state index is -0.128. The molecule has 0 heteroatoms. The van der Waals surface area contributed by atoms with E-state index in [1.807, 2.05) is 0 Å².